The first-order valence-electron chi connectivity index (χ1n) is 8.85. The quantitative estimate of drug-likeness (QED) is 0.852. The van der Waals surface area contributed by atoms with E-state index < -0.39 is 0 Å². The van der Waals surface area contributed by atoms with E-state index in [2.05, 4.69) is 4.90 Å². The third-order valence-corrected chi connectivity index (χ3v) is 5.69. The molecule has 2 aliphatic rings. The SMILES string of the molecule is CCC(=O)N1CCC2(CCN(Cc3cccc(F)c3)CC2)CC1. The third kappa shape index (κ3) is 3.92. The molecule has 4 heteroatoms. The van der Waals surface area contributed by atoms with E-state index in [4.69, 9.17) is 0 Å². The zero-order valence-corrected chi connectivity index (χ0v) is 14.1. The lowest BCUT2D eigenvalue weighted by Crippen LogP contribution is -2.48. The molecule has 23 heavy (non-hydrogen) atoms. The second-order valence-corrected chi connectivity index (χ2v) is 7.14. The molecule has 0 radical (unpaired) electrons. The number of benzene rings is 1. The summed E-state index contributed by atoms with van der Waals surface area (Å²) < 4.78 is 13.3. The van der Waals surface area contributed by atoms with E-state index in [1.807, 2.05) is 17.9 Å². The number of hydrogen-bond acceptors (Lipinski definition) is 2. The van der Waals surface area contributed by atoms with Crippen LogP contribution in [0, 0.1) is 11.2 Å². The van der Waals surface area contributed by atoms with Crippen LogP contribution >= 0.6 is 0 Å². The van der Waals surface area contributed by atoms with Gasteiger partial charge in [-0.25, -0.2) is 4.39 Å². The van der Waals surface area contributed by atoms with Crippen LogP contribution in [0.1, 0.15) is 44.6 Å². The second kappa shape index (κ2) is 7.00. The number of amides is 1. The van der Waals surface area contributed by atoms with Gasteiger partial charge in [0.15, 0.2) is 0 Å². The zero-order valence-electron chi connectivity index (χ0n) is 14.1. The summed E-state index contributed by atoms with van der Waals surface area (Å²) in [6.07, 6.45) is 5.32. The monoisotopic (exact) mass is 318 g/mol. The molecular weight excluding hydrogens is 291 g/mol. The van der Waals surface area contributed by atoms with Crippen molar-refractivity contribution >= 4 is 5.91 Å². The van der Waals surface area contributed by atoms with E-state index in [1.54, 1.807) is 12.1 Å². The van der Waals surface area contributed by atoms with Gasteiger partial charge in [0.05, 0.1) is 0 Å². The molecule has 1 aromatic rings. The van der Waals surface area contributed by atoms with Crippen LogP contribution in [0.15, 0.2) is 24.3 Å². The fourth-order valence-corrected chi connectivity index (χ4v) is 4.03. The number of piperidine rings is 2. The Bertz CT molecular complexity index is 542. The molecule has 0 aliphatic carbocycles. The predicted molar refractivity (Wildman–Crippen MR) is 89.4 cm³/mol. The highest BCUT2D eigenvalue weighted by Crippen LogP contribution is 2.41. The van der Waals surface area contributed by atoms with Gasteiger partial charge in [0, 0.05) is 26.1 Å². The van der Waals surface area contributed by atoms with Gasteiger partial charge in [0.2, 0.25) is 5.91 Å². The van der Waals surface area contributed by atoms with Crippen LogP contribution in [-0.2, 0) is 11.3 Å². The van der Waals surface area contributed by atoms with E-state index in [0.29, 0.717) is 17.7 Å². The Hall–Kier alpha value is -1.42. The van der Waals surface area contributed by atoms with Gasteiger partial charge >= 0.3 is 0 Å². The molecule has 2 saturated heterocycles. The summed E-state index contributed by atoms with van der Waals surface area (Å²) in [5.41, 5.74) is 1.49. The van der Waals surface area contributed by atoms with Gasteiger partial charge in [0.25, 0.3) is 0 Å². The van der Waals surface area contributed by atoms with Gasteiger partial charge in [-0.15, -0.1) is 0 Å². The molecule has 2 heterocycles. The van der Waals surface area contributed by atoms with Crippen molar-refractivity contribution < 1.29 is 9.18 Å². The van der Waals surface area contributed by atoms with Gasteiger partial charge in [-0.3, -0.25) is 9.69 Å². The van der Waals surface area contributed by atoms with E-state index in [0.717, 1.165) is 51.1 Å². The summed E-state index contributed by atoms with van der Waals surface area (Å²) in [6.45, 7) is 6.80. The zero-order chi connectivity index (χ0) is 16.3. The van der Waals surface area contributed by atoms with Crippen molar-refractivity contribution in [2.24, 2.45) is 5.41 Å². The fourth-order valence-electron chi connectivity index (χ4n) is 4.03. The van der Waals surface area contributed by atoms with Crippen molar-refractivity contribution in [1.82, 2.24) is 9.80 Å². The summed E-state index contributed by atoms with van der Waals surface area (Å²) in [5, 5.41) is 0. The Morgan fingerprint density at radius 1 is 1.13 bits per heavy atom. The van der Waals surface area contributed by atoms with E-state index in [-0.39, 0.29) is 5.82 Å². The molecule has 126 valence electrons. The minimum Gasteiger partial charge on any atom is -0.343 e. The van der Waals surface area contributed by atoms with E-state index >= 15 is 0 Å². The number of likely N-dealkylation sites (tertiary alicyclic amines) is 2. The van der Waals surface area contributed by atoms with E-state index in [1.165, 1.54) is 18.9 Å². The maximum atomic E-state index is 13.3. The molecule has 3 rings (SSSR count). The van der Waals surface area contributed by atoms with Gasteiger partial charge in [-0.1, -0.05) is 19.1 Å². The number of carbonyl (C=O) groups excluding carboxylic acids is 1. The van der Waals surface area contributed by atoms with Crippen LogP contribution in [-0.4, -0.2) is 41.9 Å². The molecule has 1 amide bonds. The third-order valence-electron chi connectivity index (χ3n) is 5.69. The molecule has 2 aliphatic heterocycles. The molecule has 0 atom stereocenters. The smallest absolute Gasteiger partial charge is 0.222 e. The van der Waals surface area contributed by atoms with Crippen molar-refractivity contribution in [3.63, 3.8) is 0 Å². The van der Waals surface area contributed by atoms with Crippen LogP contribution in [0.4, 0.5) is 4.39 Å². The summed E-state index contributed by atoms with van der Waals surface area (Å²) in [6, 6.07) is 6.93. The van der Waals surface area contributed by atoms with Gasteiger partial charge in [-0.05, 0) is 61.9 Å². The lowest BCUT2D eigenvalue weighted by molar-refractivity contribution is -0.133. The first-order chi connectivity index (χ1) is 11.1. The molecular formula is C19H27FN2O. The second-order valence-electron chi connectivity index (χ2n) is 7.14. The van der Waals surface area contributed by atoms with Gasteiger partial charge < -0.3 is 4.90 Å². The summed E-state index contributed by atoms with van der Waals surface area (Å²) in [7, 11) is 0. The van der Waals surface area contributed by atoms with Crippen molar-refractivity contribution in [2.45, 2.75) is 45.6 Å². The maximum absolute atomic E-state index is 13.3. The van der Waals surface area contributed by atoms with Crippen LogP contribution in [0.25, 0.3) is 0 Å². The number of hydrogen-bond donors (Lipinski definition) is 0. The number of halogens is 1. The van der Waals surface area contributed by atoms with Crippen LogP contribution in [0.3, 0.4) is 0 Å². The predicted octanol–water partition coefficient (Wildman–Crippen LogP) is 3.44. The lowest BCUT2D eigenvalue weighted by atomic mass is 9.71. The Kier molecular flexibility index (Phi) is 5.00. The molecule has 2 fully saturated rings. The van der Waals surface area contributed by atoms with E-state index in [9.17, 15) is 9.18 Å². The van der Waals surface area contributed by atoms with Gasteiger partial charge in [-0.2, -0.15) is 0 Å². The Labute approximate surface area is 138 Å². The Morgan fingerprint density at radius 3 is 2.39 bits per heavy atom. The lowest BCUT2D eigenvalue weighted by Gasteiger charge is -2.47. The molecule has 0 N–H and O–H groups in total. The molecule has 0 bridgehead atoms. The molecule has 0 saturated carbocycles. The largest absolute Gasteiger partial charge is 0.343 e. The summed E-state index contributed by atoms with van der Waals surface area (Å²) in [4.78, 5) is 16.3. The minimum atomic E-state index is -0.149. The fraction of sp³-hybridized carbons (Fsp3) is 0.632. The molecule has 1 aromatic carbocycles. The average molecular weight is 318 g/mol. The molecule has 0 aromatic heterocycles. The van der Waals surface area contributed by atoms with Crippen molar-refractivity contribution in [1.29, 1.82) is 0 Å². The number of nitrogens with zero attached hydrogens (tertiary/aromatic N) is 2. The Morgan fingerprint density at radius 2 is 1.78 bits per heavy atom. The molecule has 1 spiro atoms. The topological polar surface area (TPSA) is 23.6 Å². The Balaban J connectivity index is 1.50. The number of rotatable bonds is 3. The normalized spacial score (nSPS) is 21.6. The van der Waals surface area contributed by atoms with Crippen molar-refractivity contribution in [2.75, 3.05) is 26.2 Å². The highest BCUT2D eigenvalue weighted by molar-refractivity contribution is 5.75. The van der Waals surface area contributed by atoms with Crippen LogP contribution < -0.4 is 0 Å². The summed E-state index contributed by atoms with van der Waals surface area (Å²) in [5.74, 6) is 0.146. The van der Waals surface area contributed by atoms with Crippen LogP contribution in [0.2, 0.25) is 0 Å². The average Bonchev–Trinajstić information content (AvgIpc) is 2.57. The highest BCUT2D eigenvalue weighted by atomic mass is 19.1. The first kappa shape index (κ1) is 16.4. The first-order valence-corrected chi connectivity index (χ1v) is 8.85. The number of carbonyl (C=O) groups is 1. The van der Waals surface area contributed by atoms with Crippen molar-refractivity contribution in [3.05, 3.63) is 35.6 Å². The van der Waals surface area contributed by atoms with Crippen molar-refractivity contribution in [3.8, 4) is 0 Å². The van der Waals surface area contributed by atoms with Crippen LogP contribution in [0.5, 0.6) is 0 Å². The van der Waals surface area contributed by atoms with Gasteiger partial charge in [0.1, 0.15) is 5.82 Å². The summed E-state index contributed by atoms with van der Waals surface area (Å²) >= 11 is 0. The minimum absolute atomic E-state index is 0.149. The maximum Gasteiger partial charge on any atom is 0.222 e. The molecule has 3 nitrogen and oxygen atoms in total. The standard InChI is InChI=1S/C19H27FN2O/c1-2-18(23)22-12-8-19(9-13-22)6-10-21(11-7-19)15-16-4-3-5-17(20)14-16/h3-5,14H,2,6-13,15H2,1H3. The molecule has 0 unspecified atom stereocenters. The highest BCUT2D eigenvalue weighted by Gasteiger charge is 2.38.